The fourth-order valence-corrected chi connectivity index (χ4v) is 1.83. The van der Waals surface area contributed by atoms with Crippen LogP contribution >= 0.6 is 11.6 Å². The summed E-state index contributed by atoms with van der Waals surface area (Å²) in [7, 11) is 1.64. The molecule has 1 aromatic heterocycles. The summed E-state index contributed by atoms with van der Waals surface area (Å²) < 4.78 is 10.7. The van der Waals surface area contributed by atoms with Gasteiger partial charge >= 0.3 is 0 Å². The molecule has 0 aliphatic rings. The second-order valence-corrected chi connectivity index (χ2v) is 4.04. The van der Waals surface area contributed by atoms with Gasteiger partial charge in [0.05, 0.1) is 13.7 Å². The molecular weight excluding hydrogens is 238 g/mol. The van der Waals surface area contributed by atoms with Crippen molar-refractivity contribution in [3.05, 3.63) is 29.4 Å². The summed E-state index contributed by atoms with van der Waals surface area (Å²) in [4.78, 5) is 4.20. The van der Waals surface area contributed by atoms with Crippen LogP contribution in [0, 0.1) is 0 Å². The van der Waals surface area contributed by atoms with Crippen LogP contribution in [0.15, 0.2) is 24.3 Å². The van der Waals surface area contributed by atoms with Crippen molar-refractivity contribution in [1.29, 1.82) is 0 Å². The lowest BCUT2D eigenvalue weighted by molar-refractivity contribution is 0.306. The molecule has 3 nitrogen and oxygen atoms in total. The Morgan fingerprint density at radius 3 is 2.82 bits per heavy atom. The molecule has 17 heavy (non-hydrogen) atoms. The Labute approximate surface area is 105 Å². The van der Waals surface area contributed by atoms with Crippen LogP contribution in [-0.2, 0) is 0 Å². The lowest BCUT2D eigenvalue weighted by atomic mass is 10.2. The molecule has 0 saturated carbocycles. The lowest BCUT2D eigenvalue weighted by Gasteiger charge is -2.07. The SMILES string of the molecule is CCCOc1cc2cc(OC)ccc2c(Cl)n1. The van der Waals surface area contributed by atoms with Crippen LogP contribution < -0.4 is 9.47 Å². The first-order valence-corrected chi connectivity index (χ1v) is 5.89. The molecule has 1 heterocycles. The van der Waals surface area contributed by atoms with Crippen LogP contribution in [0.3, 0.4) is 0 Å². The molecule has 90 valence electrons. The number of fused-ring (bicyclic) bond motifs is 1. The van der Waals surface area contributed by atoms with Gasteiger partial charge in [-0.2, -0.15) is 0 Å². The summed E-state index contributed by atoms with van der Waals surface area (Å²) in [6.45, 7) is 2.69. The van der Waals surface area contributed by atoms with Crippen molar-refractivity contribution in [3.8, 4) is 11.6 Å². The number of hydrogen-bond donors (Lipinski definition) is 0. The molecule has 0 bridgehead atoms. The monoisotopic (exact) mass is 251 g/mol. The lowest BCUT2D eigenvalue weighted by Crippen LogP contribution is -1.97. The van der Waals surface area contributed by atoms with Crippen LogP contribution in [0.4, 0.5) is 0 Å². The standard InChI is InChI=1S/C13H14ClNO2/c1-3-6-17-12-8-9-7-10(16-2)4-5-11(9)13(14)15-12/h4-5,7-8H,3,6H2,1-2H3. The first-order chi connectivity index (χ1) is 8.24. The predicted octanol–water partition coefficient (Wildman–Crippen LogP) is 3.69. The Balaban J connectivity index is 2.46. The van der Waals surface area contributed by atoms with E-state index in [1.54, 1.807) is 7.11 Å². The molecule has 0 unspecified atom stereocenters. The molecule has 0 N–H and O–H groups in total. The second kappa shape index (κ2) is 5.23. The number of halogens is 1. The molecule has 0 atom stereocenters. The van der Waals surface area contributed by atoms with E-state index in [-0.39, 0.29) is 0 Å². The molecule has 0 spiro atoms. The number of rotatable bonds is 4. The van der Waals surface area contributed by atoms with Gasteiger partial charge < -0.3 is 9.47 Å². The van der Waals surface area contributed by atoms with Crippen LogP contribution in [0.2, 0.25) is 5.15 Å². The molecule has 0 saturated heterocycles. The zero-order chi connectivity index (χ0) is 12.3. The first-order valence-electron chi connectivity index (χ1n) is 5.51. The maximum absolute atomic E-state index is 6.10. The first kappa shape index (κ1) is 12.0. The van der Waals surface area contributed by atoms with E-state index in [4.69, 9.17) is 21.1 Å². The smallest absolute Gasteiger partial charge is 0.215 e. The van der Waals surface area contributed by atoms with Gasteiger partial charge in [-0.3, -0.25) is 0 Å². The minimum atomic E-state index is 0.455. The van der Waals surface area contributed by atoms with Gasteiger partial charge in [0.2, 0.25) is 5.88 Å². The second-order valence-electron chi connectivity index (χ2n) is 3.69. The highest BCUT2D eigenvalue weighted by Gasteiger charge is 2.06. The predicted molar refractivity (Wildman–Crippen MR) is 69.1 cm³/mol. The molecule has 0 amide bonds. The summed E-state index contributed by atoms with van der Waals surface area (Å²) in [5.41, 5.74) is 0. The van der Waals surface area contributed by atoms with Crippen LogP contribution in [-0.4, -0.2) is 18.7 Å². The van der Waals surface area contributed by atoms with Crippen molar-refractivity contribution in [3.63, 3.8) is 0 Å². The van der Waals surface area contributed by atoms with Gasteiger partial charge in [0, 0.05) is 11.5 Å². The maximum Gasteiger partial charge on any atom is 0.215 e. The van der Waals surface area contributed by atoms with Crippen molar-refractivity contribution in [2.45, 2.75) is 13.3 Å². The number of methoxy groups -OCH3 is 1. The molecule has 2 aromatic rings. The number of pyridine rings is 1. The van der Waals surface area contributed by atoms with E-state index in [1.165, 1.54) is 0 Å². The summed E-state index contributed by atoms with van der Waals surface area (Å²) in [6, 6.07) is 7.55. The number of benzene rings is 1. The summed E-state index contributed by atoms with van der Waals surface area (Å²) in [5.74, 6) is 1.35. The normalized spacial score (nSPS) is 10.5. The number of ether oxygens (including phenoxy) is 2. The highest BCUT2D eigenvalue weighted by molar-refractivity contribution is 6.34. The van der Waals surface area contributed by atoms with E-state index in [1.807, 2.05) is 31.2 Å². The van der Waals surface area contributed by atoms with Crippen LogP contribution in [0.1, 0.15) is 13.3 Å². The molecule has 0 radical (unpaired) electrons. The fourth-order valence-electron chi connectivity index (χ4n) is 1.58. The van der Waals surface area contributed by atoms with Gasteiger partial charge in [-0.25, -0.2) is 4.98 Å². The third-order valence-electron chi connectivity index (χ3n) is 2.42. The van der Waals surface area contributed by atoms with Gasteiger partial charge in [0.15, 0.2) is 0 Å². The average Bonchev–Trinajstić information content (AvgIpc) is 2.35. The van der Waals surface area contributed by atoms with Gasteiger partial charge in [0.25, 0.3) is 0 Å². The zero-order valence-electron chi connectivity index (χ0n) is 9.87. The molecule has 0 fully saturated rings. The van der Waals surface area contributed by atoms with E-state index in [9.17, 15) is 0 Å². The van der Waals surface area contributed by atoms with Gasteiger partial charge in [-0.15, -0.1) is 0 Å². The third-order valence-corrected chi connectivity index (χ3v) is 2.71. The fraction of sp³-hybridized carbons (Fsp3) is 0.308. The van der Waals surface area contributed by atoms with Crippen molar-refractivity contribution in [2.24, 2.45) is 0 Å². The Kier molecular flexibility index (Phi) is 3.69. The highest BCUT2D eigenvalue weighted by atomic mass is 35.5. The van der Waals surface area contributed by atoms with Crippen molar-refractivity contribution in [2.75, 3.05) is 13.7 Å². The quantitative estimate of drug-likeness (QED) is 0.777. The molecule has 4 heteroatoms. The Morgan fingerprint density at radius 2 is 2.12 bits per heavy atom. The van der Waals surface area contributed by atoms with Crippen LogP contribution in [0.25, 0.3) is 10.8 Å². The van der Waals surface area contributed by atoms with E-state index in [2.05, 4.69) is 4.98 Å². The number of hydrogen-bond acceptors (Lipinski definition) is 3. The average molecular weight is 252 g/mol. The molecule has 2 rings (SSSR count). The Hall–Kier alpha value is -1.48. The van der Waals surface area contributed by atoms with E-state index in [0.717, 1.165) is 22.9 Å². The highest BCUT2D eigenvalue weighted by Crippen LogP contribution is 2.28. The minimum absolute atomic E-state index is 0.455. The molecule has 1 aromatic carbocycles. The minimum Gasteiger partial charge on any atom is -0.497 e. The topological polar surface area (TPSA) is 31.4 Å². The summed E-state index contributed by atoms with van der Waals surface area (Å²) >= 11 is 6.10. The number of aromatic nitrogens is 1. The Morgan fingerprint density at radius 1 is 1.29 bits per heavy atom. The maximum atomic E-state index is 6.10. The molecular formula is C13H14ClNO2. The van der Waals surface area contributed by atoms with Crippen molar-refractivity contribution in [1.82, 2.24) is 4.98 Å². The van der Waals surface area contributed by atoms with Gasteiger partial charge in [0.1, 0.15) is 10.9 Å². The van der Waals surface area contributed by atoms with Crippen molar-refractivity contribution >= 4 is 22.4 Å². The van der Waals surface area contributed by atoms with E-state index in [0.29, 0.717) is 17.6 Å². The molecule has 0 aliphatic heterocycles. The van der Waals surface area contributed by atoms with Gasteiger partial charge in [-0.05, 0) is 30.0 Å². The van der Waals surface area contributed by atoms with E-state index < -0.39 is 0 Å². The van der Waals surface area contributed by atoms with Gasteiger partial charge in [-0.1, -0.05) is 18.5 Å². The summed E-state index contributed by atoms with van der Waals surface area (Å²) in [6.07, 6.45) is 0.940. The zero-order valence-corrected chi connectivity index (χ0v) is 10.6. The number of nitrogens with zero attached hydrogens (tertiary/aromatic N) is 1. The molecule has 0 aliphatic carbocycles. The Bertz CT molecular complexity index is 528. The van der Waals surface area contributed by atoms with Crippen molar-refractivity contribution < 1.29 is 9.47 Å². The van der Waals surface area contributed by atoms with E-state index >= 15 is 0 Å². The third kappa shape index (κ3) is 2.61. The van der Waals surface area contributed by atoms with Crippen LogP contribution in [0.5, 0.6) is 11.6 Å². The largest absolute Gasteiger partial charge is 0.497 e. The summed E-state index contributed by atoms with van der Waals surface area (Å²) in [5, 5.41) is 2.32.